The molecule has 1 aliphatic carbocycles. The van der Waals surface area contributed by atoms with E-state index < -0.39 is 11.9 Å². The third-order valence-electron chi connectivity index (χ3n) is 4.50. The van der Waals surface area contributed by atoms with Crippen LogP contribution in [0.25, 0.3) is 0 Å². The fourth-order valence-electron chi connectivity index (χ4n) is 3.64. The molecule has 3 aliphatic rings. The quantitative estimate of drug-likeness (QED) is 0.674. The molecule has 2 heterocycles. The highest BCUT2D eigenvalue weighted by Crippen LogP contribution is 2.54. The summed E-state index contributed by atoms with van der Waals surface area (Å²) in [6, 6.07) is 0. The molecular formula is C12H20O4. The summed E-state index contributed by atoms with van der Waals surface area (Å²) in [4.78, 5) is 0. The minimum absolute atomic E-state index is 0.222. The Bertz CT molecular complexity index is 256. The summed E-state index contributed by atoms with van der Waals surface area (Å²) in [5.74, 6) is -0.519. The van der Waals surface area contributed by atoms with E-state index in [0.717, 1.165) is 32.1 Å². The molecular weight excluding hydrogens is 208 g/mol. The Balaban J connectivity index is 1.94. The van der Waals surface area contributed by atoms with Gasteiger partial charge in [-0.3, -0.25) is 0 Å². The number of aliphatic hydroxyl groups excluding tert-OH is 1. The SMILES string of the molecule is OC1COCCC12CCCCC21OCCO1. The van der Waals surface area contributed by atoms with Crippen LogP contribution in [0.4, 0.5) is 0 Å². The second-order valence-corrected chi connectivity index (χ2v) is 5.15. The highest BCUT2D eigenvalue weighted by molar-refractivity contribution is 5.04. The molecule has 0 radical (unpaired) electrons. The van der Waals surface area contributed by atoms with Crippen LogP contribution in [-0.4, -0.2) is 43.4 Å². The highest BCUT2D eigenvalue weighted by atomic mass is 16.7. The highest BCUT2D eigenvalue weighted by Gasteiger charge is 2.61. The van der Waals surface area contributed by atoms with Gasteiger partial charge in [-0.05, 0) is 19.3 Å². The summed E-state index contributed by atoms with van der Waals surface area (Å²) < 4.78 is 17.2. The molecule has 92 valence electrons. The van der Waals surface area contributed by atoms with E-state index in [1.54, 1.807) is 0 Å². The van der Waals surface area contributed by atoms with Crippen LogP contribution in [0.3, 0.4) is 0 Å². The van der Waals surface area contributed by atoms with Gasteiger partial charge in [0.1, 0.15) is 0 Å². The van der Waals surface area contributed by atoms with Gasteiger partial charge in [-0.15, -0.1) is 0 Å². The van der Waals surface area contributed by atoms with Crippen LogP contribution >= 0.6 is 0 Å². The van der Waals surface area contributed by atoms with Crippen LogP contribution < -0.4 is 0 Å². The third kappa shape index (κ3) is 1.37. The van der Waals surface area contributed by atoms with Crippen LogP contribution in [0.2, 0.25) is 0 Å². The summed E-state index contributed by atoms with van der Waals surface area (Å²) in [7, 11) is 0. The van der Waals surface area contributed by atoms with E-state index in [-0.39, 0.29) is 5.41 Å². The largest absolute Gasteiger partial charge is 0.390 e. The van der Waals surface area contributed by atoms with Crippen molar-refractivity contribution in [3.05, 3.63) is 0 Å². The maximum absolute atomic E-state index is 10.3. The first-order valence-corrected chi connectivity index (χ1v) is 6.33. The second-order valence-electron chi connectivity index (χ2n) is 5.15. The first kappa shape index (κ1) is 11.0. The molecule has 0 aromatic rings. The number of hydrogen-bond acceptors (Lipinski definition) is 4. The van der Waals surface area contributed by atoms with Gasteiger partial charge in [-0.25, -0.2) is 0 Å². The zero-order valence-electron chi connectivity index (χ0n) is 9.61. The smallest absolute Gasteiger partial charge is 0.176 e. The lowest BCUT2D eigenvalue weighted by molar-refractivity contribution is -0.303. The monoisotopic (exact) mass is 228 g/mol. The predicted molar refractivity (Wildman–Crippen MR) is 57.0 cm³/mol. The standard InChI is InChI=1S/C12H20O4/c13-10-9-14-6-5-11(10)3-1-2-4-12(11)15-7-8-16-12/h10,13H,1-9H2. The summed E-state index contributed by atoms with van der Waals surface area (Å²) in [5.41, 5.74) is -0.222. The van der Waals surface area contributed by atoms with Gasteiger partial charge >= 0.3 is 0 Å². The van der Waals surface area contributed by atoms with Crippen molar-refractivity contribution in [1.29, 1.82) is 0 Å². The number of hydrogen-bond donors (Lipinski definition) is 1. The Morgan fingerprint density at radius 3 is 2.44 bits per heavy atom. The average Bonchev–Trinajstić information content (AvgIpc) is 2.76. The summed E-state index contributed by atoms with van der Waals surface area (Å²) in [6.45, 7) is 2.46. The molecule has 3 rings (SSSR count). The van der Waals surface area contributed by atoms with Crippen molar-refractivity contribution in [3.63, 3.8) is 0 Å². The second kappa shape index (κ2) is 3.95. The first-order valence-electron chi connectivity index (χ1n) is 6.33. The van der Waals surface area contributed by atoms with Crippen molar-refractivity contribution < 1.29 is 19.3 Å². The van der Waals surface area contributed by atoms with Crippen molar-refractivity contribution in [3.8, 4) is 0 Å². The van der Waals surface area contributed by atoms with E-state index in [9.17, 15) is 5.11 Å². The average molecular weight is 228 g/mol. The minimum atomic E-state index is -0.519. The molecule has 2 saturated heterocycles. The van der Waals surface area contributed by atoms with Gasteiger partial charge < -0.3 is 19.3 Å². The predicted octanol–water partition coefficient (Wildman–Crippen LogP) is 1.07. The van der Waals surface area contributed by atoms with E-state index in [1.807, 2.05) is 0 Å². The zero-order valence-corrected chi connectivity index (χ0v) is 9.61. The topological polar surface area (TPSA) is 47.9 Å². The lowest BCUT2D eigenvalue weighted by Crippen LogP contribution is -2.61. The zero-order chi connectivity index (χ0) is 11.1. The number of ether oxygens (including phenoxy) is 3. The molecule has 1 N–H and O–H groups in total. The van der Waals surface area contributed by atoms with Gasteiger partial charge in [-0.1, -0.05) is 6.42 Å². The molecule has 2 aliphatic heterocycles. The molecule has 2 unspecified atom stereocenters. The van der Waals surface area contributed by atoms with Crippen molar-refractivity contribution >= 4 is 0 Å². The summed E-state index contributed by atoms with van der Waals surface area (Å²) >= 11 is 0. The normalized spacial score (nSPS) is 42.9. The fourth-order valence-corrected chi connectivity index (χ4v) is 3.64. The summed E-state index contributed by atoms with van der Waals surface area (Å²) in [6.07, 6.45) is 4.62. The molecule has 3 fully saturated rings. The van der Waals surface area contributed by atoms with Gasteiger partial charge in [0.25, 0.3) is 0 Å². The number of rotatable bonds is 0. The van der Waals surface area contributed by atoms with Crippen molar-refractivity contribution in [2.45, 2.75) is 44.0 Å². The summed E-state index contributed by atoms with van der Waals surface area (Å²) in [5, 5.41) is 10.3. The maximum atomic E-state index is 10.3. The molecule has 0 aromatic heterocycles. The van der Waals surface area contributed by atoms with Crippen molar-refractivity contribution in [2.24, 2.45) is 5.41 Å². The molecule has 0 amide bonds. The minimum Gasteiger partial charge on any atom is -0.390 e. The van der Waals surface area contributed by atoms with Crippen LogP contribution in [0.1, 0.15) is 32.1 Å². The molecule has 4 nitrogen and oxygen atoms in total. The maximum Gasteiger partial charge on any atom is 0.176 e. The van der Waals surface area contributed by atoms with Crippen molar-refractivity contribution in [2.75, 3.05) is 26.4 Å². The molecule has 0 aromatic carbocycles. The Labute approximate surface area is 95.9 Å². The van der Waals surface area contributed by atoms with Gasteiger partial charge in [0.2, 0.25) is 0 Å². The van der Waals surface area contributed by atoms with Crippen LogP contribution in [-0.2, 0) is 14.2 Å². The van der Waals surface area contributed by atoms with Gasteiger partial charge in [-0.2, -0.15) is 0 Å². The Hall–Kier alpha value is -0.160. The van der Waals surface area contributed by atoms with Gasteiger partial charge in [0.05, 0.1) is 31.3 Å². The Morgan fingerprint density at radius 1 is 0.938 bits per heavy atom. The fraction of sp³-hybridized carbons (Fsp3) is 1.00. The Kier molecular flexibility index (Phi) is 2.70. The molecule has 2 spiro atoms. The van der Waals surface area contributed by atoms with Crippen LogP contribution in [0.15, 0.2) is 0 Å². The van der Waals surface area contributed by atoms with Gasteiger partial charge in [0, 0.05) is 13.0 Å². The number of fused-ring (bicyclic) bond motifs is 1. The molecule has 4 heteroatoms. The molecule has 16 heavy (non-hydrogen) atoms. The van der Waals surface area contributed by atoms with Crippen molar-refractivity contribution in [1.82, 2.24) is 0 Å². The molecule has 0 bridgehead atoms. The van der Waals surface area contributed by atoms with E-state index >= 15 is 0 Å². The van der Waals surface area contributed by atoms with Crippen LogP contribution in [0, 0.1) is 5.41 Å². The van der Waals surface area contributed by atoms with E-state index in [1.165, 1.54) is 0 Å². The molecule has 2 atom stereocenters. The van der Waals surface area contributed by atoms with E-state index in [0.29, 0.717) is 26.4 Å². The number of aliphatic hydroxyl groups is 1. The lowest BCUT2D eigenvalue weighted by Gasteiger charge is -2.53. The lowest BCUT2D eigenvalue weighted by atomic mass is 9.63. The van der Waals surface area contributed by atoms with E-state index in [4.69, 9.17) is 14.2 Å². The first-order chi connectivity index (χ1) is 7.79. The molecule has 1 saturated carbocycles. The van der Waals surface area contributed by atoms with E-state index in [2.05, 4.69) is 0 Å². The van der Waals surface area contributed by atoms with Crippen LogP contribution in [0.5, 0.6) is 0 Å². The Morgan fingerprint density at radius 2 is 1.69 bits per heavy atom. The van der Waals surface area contributed by atoms with Gasteiger partial charge in [0.15, 0.2) is 5.79 Å². The third-order valence-corrected chi connectivity index (χ3v) is 4.50.